The van der Waals surface area contributed by atoms with Crippen LogP contribution in [0.5, 0.6) is 0 Å². The van der Waals surface area contributed by atoms with Crippen LogP contribution in [0.25, 0.3) is 0 Å². The van der Waals surface area contributed by atoms with Crippen LogP contribution in [0.1, 0.15) is 46.0 Å². The Kier molecular flexibility index (Phi) is 7.48. The topological polar surface area (TPSA) is 40.5 Å². The molecule has 1 N–H and O–H groups in total. The standard InChI is InChI=1S/C11H23NO2/c1-4-5-6-7-8-11(14)9-12(3)10(2)13/h11,14H,4-9H2,1-3H3. The highest BCUT2D eigenvalue weighted by Crippen LogP contribution is 2.06. The number of amides is 1. The molecule has 0 aliphatic heterocycles. The van der Waals surface area contributed by atoms with Crippen LogP contribution < -0.4 is 0 Å². The van der Waals surface area contributed by atoms with E-state index in [1.807, 2.05) is 0 Å². The van der Waals surface area contributed by atoms with Crippen molar-refractivity contribution in [2.75, 3.05) is 13.6 Å². The second-order valence-corrected chi connectivity index (χ2v) is 3.90. The van der Waals surface area contributed by atoms with Crippen LogP contribution in [-0.4, -0.2) is 35.6 Å². The van der Waals surface area contributed by atoms with Gasteiger partial charge in [-0.3, -0.25) is 4.79 Å². The van der Waals surface area contributed by atoms with E-state index in [1.165, 1.54) is 26.2 Å². The molecule has 0 spiro atoms. The van der Waals surface area contributed by atoms with Gasteiger partial charge in [-0.25, -0.2) is 0 Å². The van der Waals surface area contributed by atoms with Gasteiger partial charge in [-0.15, -0.1) is 0 Å². The fourth-order valence-corrected chi connectivity index (χ4v) is 1.34. The molecule has 0 fully saturated rings. The van der Waals surface area contributed by atoms with Crippen molar-refractivity contribution in [2.45, 2.75) is 52.1 Å². The van der Waals surface area contributed by atoms with Gasteiger partial charge < -0.3 is 10.0 Å². The van der Waals surface area contributed by atoms with E-state index in [-0.39, 0.29) is 12.0 Å². The molecule has 0 saturated carbocycles. The largest absolute Gasteiger partial charge is 0.391 e. The number of hydrogen-bond donors (Lipinski definition) is 1. The molecule has 0 aromatic carbocycles. The molecule has 0 rings (SSSR count). The van der Waals surface area contributed by atoms with Gasteiger partial charge in [0.05, 0.1) is 6.10 Å². The van der Waals surface area contributed by atoms with Gasteiger partial charge >= 0.3 is 0 Å². The Morgan fingerprint density at radius 1 is 1.36 bits per heavy atom. The summed E-state index contributed by atoms with van der Waals surface area (Å²) in [6.45, 7) is 4.14. The zero-order valence-electron chi connectivity index (χ0n) is 9.62. The van der Waals surface area contributed by atoms with Gasteiger partial charge in [-0.2, -0.15) is 0 Å². The van der Waals surface area contributed by atoms with Crippen molar-refractivity contribution in [3.05, 3.63) is 0 Å². The maximum Gasteiger partial charge on any atom is 0.219 e. The summed E-state index contributed by atoms with van der Waals surface area (Å²) in [6.07, 6.45) is 5.12. The quantitative estimate of drug-likeness (QED) is 0.638. The Morgan fingerprint density at radius 3 is 2.50 bits per heavy atom. The zero-order valence-corrected chi connectivity index (χ0v) is 9.62. The van der Waals surface area contributed by atoms with Gasteiger partial charge in [0, 0.05) is 20.5 Å². The summed E-state index contributed by atoms with van der Waals surface area (Å²) >= 11 is 0. The molecule has 0 aromatic heterocycles. The summed E-state index contributed by atoms with van der Waals surface area (Å²) < 4.78 is 0. The van der Waals surface area contributed by atoms with Gasteiger partial charge in [0.2, 0.25) is 5.91 Å². The van der Waals surface area contributed by atoms with Gasteiger partial charge in [0.1, 0.15) is 0 Å². The Balaban J connectivity index is 3.45. The van der Waals surface area contributed by atoms with Gasteiger partial charge in [0.25, 0.3) is 0 Å². The van der Waals surface area contributed by atoms with Gasteiger partial charge in [-0.05, 0) is 6.42 Å². The lowest BCUT2D eigenvalue weighted by Crippen LogP contribution is -2.32. The first-order valence-corrected chi connectivity index (χ1v) is 5.47. The molecule has 0 heterocycles. The van der Waals surface area contributed by atoms with Crippen LogP contribution in [0, 0.1) is 0 Å². The van der Waals surface area contributed by atoms with Crippen molar-refractivity contribution >= 4 is 5.91 Å². The summed E-state index contributed by atoms with van der Waals surface area (Å²) in [5.41, 5.74) is 0. The Bertz CT molecular complexity index is 159. The highest BCUT2D eigenvalue weighted by atomic mass is 16.3. The number of aliphatic hydroxyl groups is 1. The Morgan fingerprint density at radius 2 is 2.00 bits per heavy atom. The van der Waals surface area contributed by atoms with E-state index in [4.69, 9.17) is 0 Å². The SMILES string of the molecule is CCCCCCC(O)CN(C)C(C)=O. The molecule has 1 amide bonds. The molecule has 1 unspecified atom stereocenters. The number of hydrogen-bond acceptors (Lipinski definition) is 2. The lowest BCUT2D eigenvalue weighted by molar-refractivity contribution is -0.128. The van der Waals surface area contributed by atoms with Crippen LogP contribution in [0.3, 0.4) is 0 Å². The second-order valence-electron chi connectivity index (χ2n) is 3.90. The van der Waals surface area contributed by atoms with E-state index in [1.54, 1.807) is 11.9 Å². The zero-order chi connectivity index (χ0) is 11.0. The van der Waals surface area contributed by atoms with Crippen LogP contribution in [0.2, 0.25) is 0 Å². The fourth-order valence-electron chi connectivity index (χ4n) is 1.34. The van der Waals surface area contributed by atoms with Crippen LogP contribution >= 0.6 is 0 Å². The first kappa shape index (κ1) is 13.4. The number of aliphatic hydroxyl groups excluding tert-OH is 1. The maximum atomic E-state index is 10.9. The summed E-state index contributed by atoms with van der Waals surface area (Å²) in [4.78, 5) is 12.4. The first-order valence-electron chi connectivity index (χ1n) is 5.47. The highest BCUT2D eigenvalue weighted by Gasteiger charge is 2.09. The molecule has 84 valence electrons. The van der Waals surface area contributed by atoms with Gasteiger partial charge in [-0.1, -0.05) is 32.6 Å². The minimum Gasteiger partial charge on any atom is -0.391 e. The van der Waals surface area contributed by atoms with Crippen molar-refractivity contribution in [2.24, 2.45) is 0 Å². The van der Waals surface area contributed by atoms with Crippen molar-refractivity contribution in [1.82, 2.24) is 4.90 Å². The first-order chi connectivity index (χ1) is 6.57. The highest BCUT2D eigenvalue weighted by molar-refractivity contribution is 5.72. The van der Waals surface area contributed by atoms with Crippen molar-refractivity contribution in [3.63, 3.8) is 0 Å². The van der Waals surface area contributed by atoms with Crippen molar-refractivity contribution in [3.8, 4) is 0 Å². The maximum absolute atomic E-state index is 10.9. The third-order valence-corrected chi connectivity index (χ3v) is 2.41. The number of nitrogens with zero attached hydrogens (tertiary/aromatic N) is 1. The van der Waals surface area contributed by atoms with Gasteiger partial charge in [0.15, 0.2) is 0 Å². The number of rotatable bonds is 7. The van der Waals surface area contributed by atoms with E-state index < -0.39 is 0 Å². The molecule has 0 aliphatic rings. The molecular formula is C11H23NO2. The smallest absolute Gasteiger partial charge is 0.219 e. The number of unbranched alkanes of at least 4 members (excludes halogenated alkanes) is 3. The van der Waals surface area contributed by atoms with E-state index in [9.17, 15) is 9.90 Å². The van der Waals surface area contributed by atoms with E-state index >= 15 is 0 Å². The fraction of sp³-hybridized carbons (Fsp3) is 0.909. The molecule has 3 heteroatoms. The minimum atomic E-state index is -0.360. The molecule has 0 aliphatic carbocycles. The Labute approximate surface area is 87.1 Å². The average molecular weight is 201 g/mol. The normalized spacial score (nSPS) is 12.6. The predicted molar refractivity (Wildman–Crippen MR) is 58.1 cm³/mol. The summed E-state index contributed by atoms with van der Waals surface area (Å²) in [5.74, 6) is 0.0117. The molecular weight excluding hydrogens is 178 g/mol. The lowest BCUT2D eigenvalue weighted by atomic mass is 10.1. The van der Waals surface area contributed by atoms with Crippen LogP contribution in [0.15, 0.2) is 0 Å². The van der Waals surface area contributed by atoms with Crippen LogP contribution in [-0.2, 0) is 4.79 Å². The summed E-state index contributed by atoms with van der Waals surface area (Å²) in [6, 6.07) is 0. The number of carbonyl (C=O) groups excluding carboxylic acids is 1. The van der Waals surface area contributed by atoms with Crippen molar-refractivity contribution in [1.29, 1.82) is 0 Å². The lowest BCUT2D eigenvalue weighted by Gasteiger charge is -2.19. The molecule has 3 nitrogen and oxygen atoms in total. The molecule has 0 radical (unpaired) electrons. The molecule has 0 saturated heterocycles. The monoisotopic (exact) mass is 201 g/mol. The minimum absolute atomic E-state index is 0.0117. The van der Waals surface area contributed by atoms with E-state index in [0.29, 0.717) is 6.54 Å². The number of likely N-dealkylation sites (N-methyl/N-ethyl adjacent to an activating group) is 1. The Hall–Kier alpha value is -0.570. The predicted octanol–water partition coefficient (Wildman–Crippen LogP) is 1.80. The molecule has 14 heavy (non-hydrogen) atoms. The third kappa shape index (κ3) is 6.89. The van der Waals surface area contributed by atoms with E-state index in [0.717, 1.165) is 12.8 Å². The van der Waals surface area contributed by atoms with Crippen molar-refractivity contribution < 1.29 is 9.90 Å². The average Bonchev–Trinajstić information content (AvgIpc) is 2.12. The third-order valence-electron chi connectivity index (χ3n) is 2.41. The molecule has 0 bridgehead atoms. The van der Waals surface area contributed by atoms with Crippen LogP contribution in [0.4, 0.5) is 0 Å². The second kappa shape index (κ2) is 7.80. The molecule has 0 aromatic rings. The molecule has 1 atom stereocenters. The number of carbonyl (C=O) groups is 1. The van der Waals surface area contributed by atoms with E-state index in [2.05, 4.69) is 6.92 Å². The summed E-state index contributed by atoms with van der Waals surface area (Å²) in [5, 5.41) is 9.57. The summed E-state index contributed by atoms with van der Waals surface area (Å²) in [7, 11) is 1.72.